The lowest BCUT2D eigenvalue weighted by Crippen LogP contribution is -2.26. The van der Waals surface area contributed by atoms with Gasteiger partial charge < -0.3 is 10.6 Å². The second kappa shape index (κ2) is 5.83. The van der Waals surface area contributed by atoms with Gasteiger partial charge in [-0.3, -0.25) is 4.79 Å². The van der Waals surface area contributed by atoms with Gasteiger partial charge in [-0.1, -0.05) is 40.2 Å². The van der Waals surface area contributed by atoms with E-state index in [1.165, 1.54) is 10.8 Å². The summed E-state index contributed by atoms with van der Waals surface area (Å²) in [7, 11) is 0. The molecule has 1 fully saturated rings. The van der Waals surface area contributed by atoms with E-state index in [9.17, 15) is 4.79 Å². The Morgan fingerprint density at radius 2 is 1.95 bits per heavy atom. The van der Waals surface area contributed by atoms with Crippen LogP contribution in [0.2, 0.25) is 0 Å². The SMILES string of the molecule is O=C1CC(Nc2ccc(Br)c3ccccc23)CCCN1. The number of hydrogen-bond donors (Lipinski definition) is 2. The van der Waals surface area contributed by atoms with Crippen molar-refractivity contribution in [2.24, 2.45) is 0 Å². The molecule has 4 heteroatoms. The normalized spacial score (nSPS) is 19.4. The minimum atomic E-state index is 0.140. The molecule has 0 aliphatic carbocycles. The van der Waals surface area contributed by atoms with E-state index in [-0.39, 0.29) is 11.9 Å². The number of rotatable bonds is 2. The van der Waals surface area contributed by atoms with Crippen LogP contribution in [0.1, 0.15) is 19.3 Å². The quantitative estimate of drug-likeness (QED) is 0.880. The minimum Gasteiger partial charge on any atom is -0.381 e. The van der Waals surface area contributed by atoms with E-state index in [4.69, 9.17) is 0 Å². The molecule has 1 unspecified atom stereocenters. The van der Waals surface area contributed by atoms with Crippen LogP contribution in [-0.4, -0.2) is 18.5 Å². The van der Waals surface area contributed by atoms with E-state index in [1.54, 1.807) is 0 Å². The highest BCUT2D eigenvalue weighted by Gasteiger charge is 2.17. The molecule has 1 aliphatic heterocycles. The number of fused-ring (bicyclic) bond motifs is 1. The van der Waals surface area contributed by atoms with E-state index >= 15 is 0 Å². The molecule has 1 aliphatic rings. The Morgan fingerprint density at radius 3 is 2.80 bits per heavy atom. The standard InChI is InChI=1S/C16H17BrN2O/c17-14-7-8-15(13-6-2-1-5-12(13)14)19-11-4-3-9-18-16(20)10-11/h1-2,5-8,11,19H,3-4,9-10H2,(H,18,20). The zero-order chi connectivity index (χ0) is 13.9. The lowest BCUT2D eigenvalue weighted by molar-refractivity contribution is -0.120. The molecule has 1 saturated heterocycles. The van der Waals surface area contributed by atoms with Crippen molar-refractivity contribution in [3.8, 4) is 0 Å². The third-order valence-electron chi connectivity index (χ3n) is 3.71. The zero-order valence-corrected chi connectivity index (χ0v) is 12.7. The van der Waals surface area contributed by atoms with Crippen LogP contribution in [0.5, 0.6) is 0 Å². The molecule has 0 bridgehead atoms. The van der Waals surface area contributed by atoms with E-state index in [0.29, 0.717) is 6.42 Å². The fourth-order valence-corrected chi connectivity index (χ4v) is 3.18. The first-order valence-electron chi connectivity index (χ1n) is 6.94. The van der Waals surface area contributed by atoms with E-state index in [1.807, 2.05) is 12.1 Å². The van der Waals surface area contributed by atoms with Crippen LogP contribution in [0.15, 0.2) is 40.9 Å². The Morgan fingerprint density at radius 1 is 1.15 bits per heavy atom. The van der Waals surface area contributed by atoms with E-state index < -0.39 is 0 Å². The average Bonchev–Trinajstić information content (AvgIpc) is 2.66. The summed E-state index contributed by atoms with van der Waals surface area (Å²) in [6.45, 7) is 0.790. The van der Waals surface area contributed by atoms with Gasteiger partial charge >= 0.3 is 0 Å². The van der Waals surface area contributed by atoms with Crippen molar-refractivity contribution in [3.05, 3.63) is 40.9 Å². The number of carbonyl (C=O) groups excluding carboxylic acids is 1. The van der Waals surface area contributed by atoms with E-state index in [0.717, 1.165) is 29.5 Å². The molecule has 1 heterocycles. The van der Waals surface area contributed by atoms with Gasteiger partial charge in [-0.15, -0.1) is 0 Å². The third kappa shape index (κ3) is 2.80. The van der Waals surface area contributed by atoms with Crippen LogP contribution in [-0.2, 0) is 4.79 Å². The second-order valence-corrected chi connectivity index (χ2v) is 6.03. The van der Waals surface area contributed by atoms with Gasteiger partial charge in [0, 0.05) is 34.6 Å². The average molecular weight is 333 g/mol. The van der Waals surface area contributed by atoms with Gasteiger partial charge in [0.1, 0.15) is 0 Å². The summed E-state index contributed by atoms with van der Waals surface area (Å²) in [5, 5.41) is 8.84. The van der Waals surface area contributed by atoms with Gasteiger partial charge in [-0.2, -0.15) is 0 Å². The van der Waals surface area contributed by atoms with Crippen molar-refractivity contribution < 1.29 is 4.79 Å². The summed E-state index contributed by atoms with van der Waals surface area (Å²) in [4.78, 5) is 11.6. The van der Waals surface area contributed by atoms with Gasteiger partial charge in [-0.25, -0.2) is 0 Å². The first kappa shape index (κ1) is 13.4. The molecular weight excluding hydrogens is 316 g/mol. The molecule has 2 aromatic rings. The summed E-state index contributed by atoms with van der Waals surface area (Å²) >= 11 is 3.59. The molecule has 0 radical (unpaired) electrons. The Balaban J connectivity index is 1.90. The Kier molecular flexibility index (Phi) is 3.92. The topological polar surface area (TPSA) is 41.1 Å². The number of anilines is 1. The summed E-state index contributed by atoms with van der Waals surface area (Å²) < 4.78 is 1.09. The summed E-state index contributed by atoms with van der Waals surface area (Å²) in [6.07, 6.45) is 2.59. The van der Waals surface area contributed by atoms with Crippen LogP contribution in [0.25, 0.3) is 10.8 Å². The van der Waals surface area contributed by atoms with Crippen molar-refractivity contribution in [2.45, 2.75) is 25.3 Å². The van der Waals surface area contributed by atoms with Gasteiger partial charge in [0.15, 0.2) is 0 Å². The molecule has 0 saturated carbocycles. The molecule has 2 aromatic carbocycles. The maximum Gasteiger partial charge on any atom is 0.222 e. The monoisotopic (exact) mass is 332 g/mol. The number of hydrogen-bond acceptors (Lipinski definition) is 2. The number of benzene rings is 2. The minimum absolute atomic E-state index is 0.140. The molecule has 1 amide bonds. The van der Waals surface area contributed by atoms with Crippen molar-refractivity contribution in [1.29, 1.82) is 0 Å². The number of nitrogens with one attached hydrogen (secondary N) is 2. The largest absolute Gasteiger partial charge is 0.381 e. The Labute approximate surface area is 126 Å². The van der Waals surface area contributed by atoms with Crippen molar-refractivity contribution in [3.63, 3.8) is 0 Å². The highest BCUT2D eigenvalue weighted by Crippen LogP contribution is 2.31. The molecule has 20 heavy (non-hydrogen) atoms. The number of amides is 1. The van der Waals surface area contributed by atoms with Crippen LogP contribution in [0.4, 0.5) is 5.69 Å². The molecular formula is C16H17BrN2O. The first-order valence-corrected chi connectivity index (χ1v) is 7.74. The molecule has 0 spiro atoms. The lowest BCUT2D eigenvalue weighted by atomic mass is 10.1. The summed E-state index contributed by atoms with van der Waals surface area (Å²) in [5.41, 5.74) is 1.10. The highest BCUT2D eigenvalue weighted by atomic mass is 79.9. The van der Waals surface area contributed by atoms with Crippen LogP contribution >= 0.6 is 15.9 Å². The summed E-state index contributed by atoms with van der Waals surface area (Å²) in [6, 6.07) is 12.6. The first-order chi connectivity index (χ1) is 9.74. The fourth-order valence-electron chi connectivity index (χ4n) is 2.71. The molecule has 104 valence electrons. The maximum atomic E-state index is 11.6. The third-order valence-corrected chi connectivity index (χ3v) is 4.41. The smallest absolute Gasteiger partial charge is 0.222 e. The zero-order valence-electron chi connectivity index (χ0n) is 11.2. The van der Waals surface area contributed by atoms with Crippen LogP contribution < -0.4 is 10.6 Å². The summed E-state index contributed by atoms with van der Waals surface area (Å²) in [5.74, 6) is 0.140. The van der Waals surface area contributed by atoms with E-state index in [2.05, 4.69) is 50.8 Å². The van der Waals surface area contributed by atoms with Crippen LogP contribution in [0, 0.1) is 0 Å². The van der Waals surface area contributed by atoms with Crippen LogP contribution in [0.3, 0.4) is 0 Å². The molecule has 0 aromatic heterocycles. The highest BCUT2D eigenvalue weighted by molar-refractivity contribution is 9.10. The maximum absolute atomic E-state index is 11.6. The van der Waals surface area contributed by atoms with Gasteiger partial charge in [-0.05, 0) is 30.4 Å². The molecule has 3 nitrogen and oxygen atoms in total. The number of halogens is 1. The predicted octanol–water partition coefficient (Wildman–Crippen LogP) is 3.68. The van der Waals surface area contributed by atoms with Crippen molar-refractivity contribution >= 4 is 38.3 Å². The molecule has 2 N–H and O–H groups in total. The van der Waals surface area contributed by atoms with Gasteiger partial charge in [0.25, 0.3) is 0 Å². The Bertz CT molecular complexity index is 641. The van der Waals surface area contributed by atoms with Crippen molar-refractivity contribution in [2.75, 3.05) is 11.9 Å². The van der Waals surface area contributed by atoms with Gasteiger partial charge in [0.2, 0.25) is 5.91 Å². The van der Waals surface area contributed by atoms with Crippen molar-refractivity contribution in [1.82, 2.24) is 5.32 Å². The predicted molar refractivity (Wildman–Crippen MR) is 85.9 cm³/mol. The molecule has 3 rings (SSSR count). The lowest BCUT2D eigenvalue weighted by Gasteiger charge is -2.18. The second-order valence-electron chi connectivity index (χ2n) is 5.18. The molecule has 1 atom stereocenters. The fraction of sp³-hybridized carbons (Fsp3) is 0.312. The Hall–Kier alpha value is -1.55. The van der Waals surface area contributed by atoms with Gasteiger partial charge in [0.05, 0.1) is 0 Å². The number of carbonyl (C=O) groups is 1.